The molecule has 26 heavy (non-hydrogen) atoms. The minimum atomic E-state index is -3.63. The molecule has 2 aromatic rings. The van der Waals surface area contributed by atoms with Crippen LogP contribution in [-0.4, -0.2) is 60.1 Å². The largest absolute Gasteiger partial charge is 0.327 e. The molecule has 3 amide bonds. The van der Waals surface area contributed by atoms with Crippen LogP contribution >= 0.6 is 11.3 Å². The van der Waals surface area contributed by atoms with Gasteiger partial charge in [0.25, 0.3) is 15.9 Å². The smallest absolute Gasteiger partial charge is 0.310 e. The van der Waals surface area contributed by atoms with Gasteiger partial charge in [0.1, 0.15) is 10.3 Å². The maximum Gasteiger partial charge on any atom is 0.327 e. The summed E-state index contributed by atoms with van der Waals surface area (Å²) in [5.41, 5.74) is 0.858. The van der Waals surface area contributed by atoms with E-state index in [1.807, 2.05) is 30.3 Å². The number of imide groups is 1. The van der Waals surface area contributed by atoms with E-state index >= 15 is 0 Å². The van der Waals surface area contributed by atoms with Gasteiger partial charge in [-0.2, -0.15) is 4.31 Å². The van der Waals surface area contributed by atoms with Gasteiger partial charge >= 0.3 is 6.03 Å². The van der Waals surface area contributed by atoms with E-state index < -0.39 is 16.1 Å². The number of hydrogen-bond donors (Lipinski definition) is 0. The third-order valence-electron chi connectivity index (χ3n) is 4.64. The normalized spacial score (nSPS) is 21.3. The van der Waals surface area contributed by atoms with Crippen LogP contribution < -0.4 is 0 Å². The lowest BCUT2D eigenvalue weighted by atomic mass is 10.2. The Bertz CT molecular complexity index is 928. The van der Waals surface area contributed by atoms with Crippen molar-refractivity contribution >= 4 is 33.3 Å². The minimum Gasteiger partial charge on any atom is -0.310 e. The fourth-order valence-electron chi connectivity index (χ4n) is 3.29. The summed E-state index contributed by atoms with van der Waals surface area (Å²) in [5, 5.41) is 1.70. The lowest BCUT2D eigenvalue weighted by Crippen LogP contribution is -2.54. The van der Waals surface area contributed by atoms with Crippen LogP contribution in [0.2, 0.25) is 0 Å². The van der Waals surface area contributed by atoms with Crippen LogP contribution in [0.4, 0.5) is 4.79 Å². The SMILES string of the molecule is O=C1[C@H]2CN(S(=O)(=O)c3cccs3)CCN2C(=O)N1Cc1ccccc1. The van der Waals surface area contributed by atoms with E-state index in [1.165, 1.54) is 14.1 Å². The Morgan fingerprint density at radius 2 is 1.81 bits per heavy atom. The van der Waals surface area contributed by atoms with Crippen molar-refractivity contribution in [3.05, 3.63) is 53.4 Å². The van der Waals surface area contributed by atoms with Gasteiger partial charge in [0.15, 0.2) is 0 Å². The highest BCUT2D eigenvalue weighted by Gasteiger charge is 2.49. The van der Waals surface area contributed by atoms with Gasteiger partial charge in [0.05, 0.1) is 6.54 Å². The van der Waals surface area contributed by atoms with Crippen molar-refractivity contribution in [2.75, 3.05) is 19.6 Å². The first-order valence-corrected chi connectivity index (χ1v) is 10.5. The van der Waals surface area contributed by atoms with E-state index in [0.29, 0.717) is 0 Å². The zero-order chi connectivity index (χ0) is 18.3. The summed E-state index contributed by atoms with van der Waals surface area (Å²) in [4.78, 5) is 28.1. The van der Waals surface area contributed by atoms with Gasteiger partial charge in [0.2, 0.25) is 0 Å². The lowest BCUT2D eigenvalue weighted by molar-refractivity contribution is -0.129. The molecule has 2 aliphatic rings. The highest BCUT2D eigenvalue weighted by Crippen LogP contribution is 2.28. The molecule has 2 saturated heterocycles. The number of hydrogen-bond acceptors (Lipinski definition) is 5. The number of urea groups is 1. The number of nitrogens with zero attached hydrogens (tertiary/aromatic N) is 3. The molecular weight excluding hydrogens is 374 g/mol. The van der Waals surface area contributed by atoms with E-state index in [0.717, 1.165) is 16.9 Å². The van der Waals surface area contributed by atoms with Crippen LogP contribution in [0.15, 0.2) is 52.1 Å². The van der Waals surface area contributed by atoms with Crippen LogP contribution in [0.25, 0.3) is 0 Å². The van der Waals surface area contributed by atoms with Gasteiger partial charge in [-0.05, 0) is 17.0 Å². The average Bonchev–Trinajstić information content (AvgIpc) is 3.27. The van der Waals surface area contributed by atoms with Crippen LogP contribution in [0.5, 0.6) is 0 Å². The van der Waals surface area contributed by atoms with E-state index in [2.05, 4.69) is 0 Å². The zero-order valence-corrected chi connectivity index (χ0v) is 15.4. The molecule has 0 saturated carbocycles. The van der Waals surface area contributed by atoms with Gasteiger partial charge in [0, 0.05) is 19.6 Å². The minimum absolute atomic E-state index is 0.00387. The highest BCUT2D eigenvalue weighted by molar-refractivity contribution is 7.91. The molecule has 2 aliphatic heterocycles. The van der Waals surface area contributed by atoms with E-state index in [-0.39, 0.29) is 42.3 Å². The number of carbonyl (C=O) groups is 2. The standard InChI is InChI=1S/C17H17N3O4S2/c21-16-14-12-18(26(23,24)15-7-4-10-25-15)8-9-19(14)17(22)20(16)11-13-5-2-1-3-6-13/h1-7,10,14H,8-9,11-12H2/t14-/m1/s1. The Morgan fingerprint density at radius 3 is 2.50 bits per heavy atom. The molecule has 1 aromatic carbocycles. The summed E-state index contributed by atoms with van der Waals surface area (Å²) in [7, 11) is -3.63. The Labute approximate surface area is 155 Å². The summed E-state index contributed by atoms with van der Waals surface area (Å²) < 4.78 is 27.0. The molecule has 2 fully saturated rings. The van der Waals surface area contributed by atoms with E-state index in [4.69, 9.17) is 0 Å². The second-order valence-electron chi connectivity index (χ2n) is 6.20. The Morgan fingerprint density at radius 1 is 1.04 bits per heavy atom. The van der Waals surface area contributed by atoms with Gasteiger partial charge < -0.3 is 4.90 Å². The van der Waals surface area contributed by atoms with Crippen molar-refractivity contribution in [1.29, 1.82) is 0 Å². The average molecular weight is 391 g/mol. The molecule has 4 rings (SSSR count). The lowest BCUT2D eigenvalue weighted by Gasteiger charge is -2.34. The molecule has 0 bridgehead atoms. The molecule has 0 aliphatic carbocycles. The first kappa shape index (κ1) is 17.2. The van der Waals surface area contributed by atoms with Crippen molar-refractivity contribution in [1.82, 2.24) is 14.1 Å². The summed E-state index contributed by atoms with van der Waals surface area (Å²) in [6.07, 6.45) is 0. The molecule has 1 atom stereocenters. The number of rotatable bonds is 4. The predicted molar refractivity (Wildman–Crippen MR) is 96.0 cm³/mol. The second kappa shape index (κ2) is 6.49. The van der Waals surface area contributed by atoms with Crippen molar-refractivity contribution < 1.29 is 18.0 Å². The summed E-state index contributed by atoms with van der Waals surface area (Å²) >= 11 is 1.15. The van der Waals surface area contributed by atoms with Crippen LogP contribution in [0, 0.1) is 0 Å². The van der Waals surface area contributed by atoms with E-state index in [1.54, 1.807) is 17.5 Å². The fraction of sp³-hybridized carbons (Fsp3) is 0.294. The number of fused-ring (bicyclic) bond motifs is 1. The number of piperazine rings is 1. The Balaban J connectivity index is 1.54. The molecule has 9 heteroatoms. The topological polar surface area (TPSA) is 78.0 Å². The molecule has 1 aromatic heterocycles. The summed E-state index contributed by atoms with van der Waals surface area (Å²) in [5.74, 6) is -0.343. The molecule has 3 heterocycles. The fourth-order valence-corrected chi connectivity index (χ4v) is 5.88. The van der Waals surface area contributed by atoms with Gasteiger partial charge in [-0.1, -0.05) is 36.4 Å². The number of sulfonamides is 1. The highest BCUT2D eigenvalue weighted by atomic mass is 32.2. The van der Waals surface area contributed by atoms with Crippen molar-refractivity contribution in [2.24, 2.45) is 0 Å². The van der Waals surface area contributed by atoms with Crippen LogP contribution in [0.1, 0.15) is 5.56 Å². The molecule has 0 radical (unpaired) electrons. The molecule has 0 unspecified atom stereocenters. The summed E-state index contributed by atoms with van der Waals surface area (Å²) in [6.45, 7) is 0.597. The van der Waals surface area contributed by atoms with Crippen molar-refractivity contribution in [2.45, 2.75) is 16.8 Å². The van der Waals surface area contributed by atoms with Crippen LogP contribution in [0.3, 0.4) is 0 Å². The maximum absolute atomic E-state index is 12.8. The zero-order valence-electron chi connectivity index (χ0n) is 13.8. The number of amides is 3. The first-order chi connectivity index (χ1) is 12.5. The second-order valence-corrected chi connectivity index (χ2v) is 9.31. The number of carbonyl (C=O) groups excluding carboxylic acids is 2. The maximum atomic E-state index is 12.8. The molecule has 136 valence electrons. The Kier molecular flexibility index (Phi) is 4.29. The number of benzene rings is 1. The van der Waals surface area contributed by atoms with Gasteiger partial charge in [-0.3, -0.25) is 9.69 Å². The molecule has 0 N–H and O–H groups in total. The molecule has 7 nitrogen and oxygen atoms in total. The first-order valence-electron chi connectivity index (χ1n) is 8.18. The van der Waals surface area contributed by atoms with Crippen LogP contribution in [-0.2, 0) is 21.4 Å². The van der Waals surface area contributed by atoms with Crippen molar-refractivity contribution in [3.8, 4) is 0 Å². The molecular formula is C17H17N3O4S2. The van der Waals surface area contributed by atoms with Crippen molar-refractivity contribution in [3.63, 3.8) is 0 Å². The van der Waals surface area contributed by atoms with E-state index in [9.17, 15) is 18.0 Å². The third-order valence-corrected chi connectivity index (χ3v) is 7.88. The third kappa shape index (κ3) is 2.81. The summed E-state index contributed by atoms with van der Waals surface area (Å²) in [6, 6.07) is 11.4. The quantitative estimate of drug-likeness (QED) is 0.742. The van der Waals surface area contributed by atoms with Gasteiger partial charge in [-0.15, -0.1) is 11.3 Å². The monoisotopic (exact) mass is 391 g/mol. The predicted octanol–water partition coefficient (Wildman–Crippen LogP) is 1.59. The van der Waals surface area contributed by atoms with Gasteiger partial charge in [-0.25, -0.2) is 13.2 Å². The molecule has 0 spiro atoms. The number of thiophene rings is 1. The Hall–Kier alpha value is -2.23.